The molecule has 0 amide bonds. The summed E-state index contributed by atoms with van der Waals surface area (Å²) < 4.78 is 5.46. The van der Waals surface area contributed by atoms with Crippen LogP contribution in [0.5, 0.6) is 5.88 Å². The van der Waals surface area contributed by atoms with Gasteiger partial charge in [0.05, 0.1) is 0 Å². The van der Waals surface area contributed by atoms with Crippen molar-refractivity contribution in [2.24, 2.45) is 5.84 Å². The van der Waals surface area contributed by atoms with Crippen molar-refractivity contribution < 1.29 is 4.74 Å². The summed E-state index contributed by atoms with van der Waals surface area (Å²) in [6, 6.07) is 5.64. The molecule has 15 heavy (non-hydrogen) atoms. The summed E-state index contributed by atoms with van der Waals surface area (Å²) in [7, 11) is 0. The molecule has 0 aliphatic carbocycles. The smallest absolute Gasteiger partial charge is 0.218 e. The number of hydrazine groups is 1. The molecule has 0 atom stereocenters. The topological polar surface area (TPSA) is 73.1 Å². The molecule has 3 N–H and O–H groups in total. The number of nitrogens with zero attached hydrogens (tertiary/aromatic N) is 2. The molecule has 2 heterocycles. The summed E-state index contributed by atoms with van der Waals surface area (Å²) in [5.41, 5.74) is 2.43. The minimum Gasteiger partial charge on any atom is -0.472 e. The van der Waals surface area contributed by atoms with Crippen molar-refractivity contribution in [2.75, 3.05) is 5.43 Å². The minimum atomic E-state index is 0.506. The predicted octanol–water partition coefficient (Wildman–Crippen LogP) is 1.40. The van der Waals surface area contributed by atoms with Gasteiger partial charge < -0.3 is 10.2 Å². The molecule has 2 aromatic rings. The summed E-state index contributed by atoms with van der Waals surface area (Å²) in [6.45, 7) is 0.513. The highest BCUT2D eigenvalue weighted by atomic mass is 32.1. The molecule has 0 saturated carbocycles. The van der Waals surface area contributed by atoms with Crippen LogP contribution < -0.4 is 16.0 Å². The van der Waals surface area contributed by atoms with E-state index in [1.807, 2.05) is 17.5 Å². The fourth-order valence-corrected chi connectivity index (χ4v) is 1.65. The molecule has 2 rings (SSSR count). The molecule has 0 spiro atoms. The van der Waals surface area contributed by atoms with E-state index < -0.39 is 0 Å². The van der Waals surface area contributed by atoms with Crippen LogP contribution in [0, 0.1) is 0 Å². The average molecular weight is 222 g/mol. The summed E-state index contributed by atoms with van der Waals surface area (Å²) in [6.07, 6.45) is 1.40. The average Bonchev–Trinajstić information content (AvgIpc) is 2.79. The first-order chi connectivity index (χ1) is 7.38. The molecular formula is C9H10N4OS. The van der Waals surface area contributed by atoms with E-state index in [4.69, 9.17) is 10.6 Å². The van der Waals surface area contributed by atoms with E-state index >= 15 is 0 Å². The second-order valence-corrected chi connectivity index (χ2v) is 3.79. The van der Waals surface area contributed by atoms with Gasteiger partial charge in [0.25, 0.3) is 0 Å². The number of thiophene rings is 1. The summed E-state index contributed by atoms with van der Waals surface area (Å²) in [4.78, 5) is 8.99. The standard InChI is InChI=1S/C9H10N4OS/c10-13-8-4-9(12-6-11-8)14-5-7-2-1-3-15-7/h1-4,6H,5,10H2,(H,11,12,13). The third-order valence-corrected chi connectivity index (χ3v) is 2.58. The number of anilines is 1. The van der Waals surface area contributed by atoms with Crippen LogP contribution in [-0.4, -0.2) is 9.97 Å². The van der Waals surface area contributed by atoms with E-state index in [2.05, 4.69) is 15.4 Å². The van der Waals surface area contributed by atoms with Crippen LogP contribution in [0.3, 0.4) is 0 Å². The maximum Gasteiger partial charge on any atom is 0.218 e. The Bertz CT molecular complexity index is 418. The lowest BCUT2D eigenvalue weighted by Gasteiger charge is -2.04. The molecule has 5 nitrogen and oxygen atoms in total. The number of hydrogen-bond donors (Lipinski definition) is 2. The highest BCUT2D eigenvalue weighted by Crippen LogP contribution is 2.14. The Hall–Kier alpha value is -1.66. The highest BCUT2D eigenvalue weighted by molar-refractivity contribution is 7.09. The number of nitrogens with two attached hydrogens (primary N) is 1. The van der Waals surface area contributed by atoms with Crippen LogP contribution in [0.25, 0.3) is 0 Å². The van der Waals surface area contributed by atoms with E-state index in [0.717, 1.165) is 4.88 Å². The Kier molecular flexibility index (Phi) is 3.11. The van der Waals surface area contributed by atoms with Gasteiger partial charge in [-0.1, -0.05) is 6.07 Å². The van der Waals surface area contributed by atoms with Gasteiger partial charge in [0, 0.05) is 10.9 Å². The van der Waals surface area contributed by atoms with E-state index in [1.54, 1.807) is 17.4 Å². The van der Waals surface area contributed by atoms with Crippen molar-refractivity contribution in [3.63, 3.8) is 0 Å². The molecule has 78 valence electrons. The molecule has 6 heteroatoms. The van der Waals surface area contributed by atoms with Crippen LogP contribution in [0.1, 0.15) is 4.88 Å². The second kappa shape index (κ2) is 4.72. The van der Waals surface area contributed by atoms with E-state index in [-0.39, 0.29) is 0 Å². The number of nitrogen functional groups attached to an aromatic ring is 1. The van der Waals surface area contributed by atoms with Gasteiger partial charge in [0.15, 0.2) is 0 Å². The Morgan fingerprint density at radius 2 is 2.40 bits per heavy atom. The summed E-state index contributed by atoms with van der Waals surface area (Å²) >= 11 is 1.64. The van der Waals surface area contributed by atoms with Gasteiger partial charge in [-0.3, -0.25) is 0 Å². The molecule has 2 aromatic heterocycles. The first-order valence-corrected chi connectivity index (χ1v) is 5.20. The highest BCUT2D eigenvalue weighted by Gasteiger charge is 1.99. The Morgan fingerprint density at radius 3 is 3.13 bits per heavy atom. The first kappa shape index (κ1) is 9.88. The van der Waals surface area contributed by atoms with Crippen molar-refractivity contribution in [2.45, 2.75) is 6.61 Å². The molecule has 0 aromatic carbocycles. The van der Waals surface area contributed by atoms with Crippen molar-refractivity contribution in [3.8, 4) is 5.88 Å². The number of ether oxygens (including phenoxy) is 1. The zero-order chi connectivity index (χ0) is 10.5. The van der Waals surface area contributed by atoms with Crippen molar-refractivity contribution in [1.29, 1.82) is 0 Å². The zero-order valence-electron chi connectivity index (χ0n) is 7.88. The fraction of sp³-hybridized carbons (Fsp3) is 0.111. The Balaban J connectivity index is 1.98. The Labute approximate surface area is 90.9 Å². The van der Waals surface area contributed by atoms with Crippen molar-refractivity contribution in [1.82, 2.24) is 9.97 Å². The molecule has 0 fully saturated rings. The SMILES string of the molecule is NNc1cc(OCc2cccs2)ncn1. The lowest BCUT2D eigenvalue weighted by Crippen LogP contribution is -2.09. The van der Waals surface area contributed by atoms with Gasteiger partial charge in [0.1, 0.15) is 18.8 Å². The molecule has 0 unspecified atom stereocenters. The van der Waals surface area contributed by atoms with Gasteiger partial charge in [-0.05, 0) is 11.4 Å². The van der Waals surface area contributed by atoms with Crippen LogP contribution in [-0.2, 0) is 6.61 Å². The maximum atomic E-state index is 5.46. The van der Waals surface area contributed by atoms with Crippen LogP contribution >= 0.6 is 11.3 Å². The lowest BCUT2D eigenvalue weighted by molar-refractivity contribution is 0.297. The van der Waals surface area contributed by atoms with Crippen molar-refractivity contribution in [3.05, 3.63) is 34.8 Å². The van der Waals surface area contributed by atoms with Crippen molar-refractivity contribution >= 4 is 17.2 Å². The van der Waals surface area contributed by atoms with E-state index in [0.29, 0.717) is 18.3 Å². The molecule has 0 aliphatic heterocycles. The maximum absolute atomic E-state index is 5.46. The third-order valence-electron chi connectivity index (χ3n) is 1.73. The molecular weight excluding hydrogens is 212 g/mol. The normalized spacial score (nSPS) is 9.93. The number of hydrogen-bond acceptors (Lipinski definition) is 6. The van der Waals surface area contributed by atoms with Crippen LogP contribution in [0.15, 0.2) is 29.9 Å². The Morgan fingerprint density at radius 1 is 1.47 bits per heavy atom. The van der Waals surface area contributed by atoms with E-state index in [1.165, 1.54) is 6.33 Å². The summed E-state index contributed by atoms with van der Waals surface area (Å²) in [5.74, 6) is 6.26. The number of rotatable bonds is 4. The minimum absolute atomic E-state index is 0.506. The van der Waals surface area contributed by atoms with Gasteiger partial charge in [-0.2, -0.15) is 0 Å². The van der Waals surface area contributed by atoms with Gasteiger partial charge in [-0.15, -0.1) is 11.3 Å². The van der Waals surface area contributed by atoms with Crippen LogP contribution in [0.4, 0.5) is 5.82 Å². The van der Waals surface area contributed by atoms with Gasteiger partial charge in [-0.25, -0.2) is 15.8 Å². The second-order valence-electron chi connectivity index (χ2n) is 2.75. The molecule has 0 radical (unpaired) electrons. The zero-order valence-corrected chi connectivity index (χ0v) is 8.70. The first-order valence-electron chi connectivity index (χ1n) is 4.32. The largest absolute Gasteiger partial charge is 0.472 e. The quantitative estimate of drug-likeness (QED) is 0.604. The monoisotopic (exact) mass is 222 g/mol. The molecule has 0 aliphatic rings. The number of nitrogens with one attached hydrogen (secondary N) is 1. The summed E-state index contributed by atoms with van der Waals surface area (Å²) in [5, 5.41) is 2.01. The number of aromatic nitrogens is 2. The fourth-order valence-electron chi connectivity index (χ4n) is 1.04. The van der Waals surface area contributed by atoms with E-state index in [9.17, 15) is 0 Å². The van der Waals surface area contributed by atoms with Gasteiger partial charge in [0.2, 0.25) is 5.88 Å². The van der Waals surface area contributed by atoms with Crippen LogP contribution in [0.2, 0.25) is 0 Å². The van der Waals surface area contributed by atoms with Gasteiger partial charge >= 0.3 is 0 Å². The third kappa shape index (κ3) is 2.64. The predicted molar refractivity (Wildman–Crippen MR) is 58.5 cm³/mol. The molecule has 0 saturated heterocycles. The molecule has 0 bridgehead atoms. The lowest BCUT2D eigenvalue weighted by atomic mass is 10.5.